The second-order valence-electron chi connectivity index (χ2n) is 4.04. The third-order valence-electron chi connectivity index (χ3n) is 3.36. The molecule has 12 heavy (non-hydrogen) atoms. The Kier molecular flexibility index (Phi) is 2.29. The highest BCUT2D eigenvalue weighted by atomic mass is 16.3. The molecule has 0 spiro atoms. The maximum Gasteiger partial charge on any atom is 0.179 e. The van der Waals surface area contributed by atoms with Crippen LogP contribution < -0.4 is 0 Å². The summed E-state index contributed by atoms with van der Waals surface area (Å²) >= 11 is 0. The number of nitrogens with zero attached hydrogens (tertiary/aromatic N) is 2. The van der Waals surface area contributed by atoms with E-state index in [-0.39, 0.29) is 12.0 Å². The van der Waals surface area contributed by atoms with Crippen LogP contribution in [0.3, 0.4) is 0 Å². The first-order valence-corrected chi connectivity index (χ1v) is 4.28. The summed E-state index contributed by atoms with van der Waals surface area (Å²) in [6.45, 7) is 5.21. The Morgan fingerprint density at radius 1 is 1.67 bits per heavy atom. The van der Waals surface area contributed by atoms with Gasteiger partial charge in [0, 0.05) is 20.2 Å². The van der Waals surface area contributed by atoms with Crippen molar-refractivity contribution in [1.82, 2.24) is 4.90 Å². The van der Waals surface area contributed by atoms with Crippen LogP contribution in [0.15, 0.2) is 0 Å². The van der Waals surface area contributed by atoms with Gasteiger partial charge in [0.05, 0.1) is 0 Å². The fourth-order valence-corrected chi connectivity index (χ4v) is 1.87. The first-order valence-electron chi connectivity index (χ1n) is 4.28. The molecule has 1 fully saturated rings. The Labute approximate surface area is 73.6 Å². The van der Waals surface area contributed by atoms with Crippen LogP contribution in [0, 0.1) is 28.7 Å². The Bertz CT molecular complexity index is 211. The number of rotatable bonds is 3. The first kappa shape index (κ1) is 9.34. The summed E-state index contributed by atoms with van der Waals surface area (Å²) in [5.74, 6) is 1.02. The summed E-state index contributed by atoms with van der Waals surface area (Å²) in [7, 11) is 1.78. The molecule has 0 aromatic carbocycles. The summed E-state index contributed by atoms with van der Waals surface area (Å²) in [6.07, 6.45) is 2.07. The number of hydrogen-bond donors (Lipinski definition) is 1. The highest BCUT2D eigenvalue weighted by Gasteiger charge is 2.57. The zero-order valence-electron chi connectivity index (χ0n) is 7.91. The normalized spacial score (nSPS) is 38.9. The molecule has 0 aromatic rings. The van der Waals surface area contributed by atoms with E-state index in [0.717, 1.165) is 6.54 Å². The Balaban J connectivity index is 2.44. The first-order chi connectivity index (χ1) is 5.56. The van der Waals surface area contributed by atoms with E-state index >= 15 is 0 Å². The second kappa shape index (κ2) is 2.95. The van der Waals surface area contributed by atoms with Gasteiger partial charge in [-0.1, -0.05) is 13.8 Å². The Morgan fingerprint density at radius 2 is 2.25 bits per heavy atom. The fourth-order valence-electron chi connectivity index (χ4n) is 1.87. The third-order valence-corrected chi connectivity index (χ3v) is 3.36. The molecule has 1 rings (SSSR count). The van der Waals surface area contributed by atoms with Crippen LogP contribution in [-0.2, 0) is 0 Å². The average molecular weight is 168 g/mol. The summed E-state index contributed by atoms with van der Waals surface area (Å²) in [5.41, 5.74) is 0.0606. The SMILES string of the molecule is CC1C(CN(C)C#N)C1(C)CO. The molecular formula is C9H16N2O. The van der Waals surface area contributed by atoms with Crippen molar-refractivity contribution in [1.29, 1.82) is 5.26 Å². The number of aliphatic hydroxyl groups excluding tert-OH is 1. The summed E-state index contributed by atoms with van der Waals surface area (Å²) in [6, 6.07) is 0. The van der Waals surface area contributed by atoms with E-state index in [4.69, 9.17) is 10.4 Å². The molecular weight excluding hydrogens is 152 g/mol. The molecule has 1 aliphatic rings. The topological polar surface area (TPSA) is 47.3 Å². The molecule has 0 amide bonds. The van der Waals surface area contributed by atoms with E-state index < -0.39 is 0 Å². The van der Waals surface area contributed by atoms with Crippen LogP contribution in [0.1, 0.15) is 13.8 Å². The van der Waals surface area contributed by atoms with Gasteiger partial charge in [-0.15, -0.1) is 0 Å². The van der Waals surface area contributed by atoms with Gasteiger partial charge in [-0.25, -0.2) is 0 Å². The van der Waals surface area contributed by atoms with Crippen molar-refractivity contribution in [3.05, 3.63) is 0 Å². The molecule has 3 unspecified atom stereocenters. The van der Waals surface area contributed by atoms with Crippen LogP contribution in [0.4, 0.5) is 0 Å². The van der Waals surface area contributed by atoms with Crippen molar-refractivity contribution in [2.24, 2.45) is 17.3 Å². The lowest BCUT2D eigenvalue weighted by molar-refractivity contribution is 0.200. The summed E-state index contributed by atoms with van der Waals surface area (Å²) < 4.78 is 0. The highest BCUT2D eigenvalue weighted by Crippen LogP contribution is 2.57. The monoisotopic (exact) mass is 168 g/mol. The van der Waals surface area contributed by atoms with Crippen LogP contribution in [0.5, 0.6) is 0 Å². The molecule has 3 atom stereocenters. The summed E-state index contributed by atoms with van der Waals surface area (Å²) in [5, 5.41) is 17.6. The van der Waals surface area contributed by atoms with Crippen molar-refractivity contribution in [2.45, 2.75) is 13.8 Å². The number of nitriles is 1. The van der Waals surface area contributed by atoms with Crippen LogP contribution >= 0.6 is 0 Å². The van der Waals surface area contributed by atoms with Crippen molar-refractivity contribution in [3.63, 3.8) is 0 Å². The number of hydrogen-bond acceptors (Lipinski definition) is 3. The van der Waals surface area contributed by atoms with Gasteiger partial charge >= 0.3 is 0 Å². The van der Waals surface area contributed by atoms with Gasteiger partial charge in [0.2, 0.25) is 0 Å². The molecule has 0 bridgehead atoms. The largest absolute Gasteiger partial charge is 0.396 e. The van der Waals surface area contributed by atoms with E-state index in [0.29, 0.717) is 11.8 Å². The van der Waals surface area contributed by atoms with Gasteiger partial charge in [-0.2, -0.15) is 5.26 Å². The third kappa shape index (κ3) is 1.27. The Hall–Kier alpha value is -0.750. The molecule has 3 nitrogen and oxygen atoms in total. The van der Waals surface area contributed by atoms with E-state index in [1.807, 2.05) is 0 Å². The predicted octanol–water partition coefficient (Wildman–Crippen LogP) is 0.664. The zero-order chi connectivity index (χ0) is 9.35. The van der Waals surface area contributed by atoms with Crippen LogP contribution in [0.25, 0.3) is 0 Å². The summed E-state index contributed by atoms with van der Waals surface area (Å²) in [4.78, 5) is 1.63. The molecule has 68 valence electrons. The minimum atomic E-state index is 0.0606. The lowest BCUT2D eigenvalue weighted by Crippen LogP contribution is -2.18. The lowest BCUT2D eigenvalue weighted by atomic mass is 10.1. The van der Waals surface area contributed by atoms with Crippen molar-refractivity contribution < 1.29 is 5.11 Å². The maximum atomic E-state index is 9.09. The van der Waals surface area contributed by atoms with Gasteiger partial charge in [-0.05, 0) is 17.3 Å². The van der Waals surface area contributed by atoms with Gasteiger partial charge in [0.15, 0.2) is 6.19 Å². The van der Waals surface area contributed by atoms with Gasteiger partial charge in [0.25, 0.3) is 0 Å². The lowest BCUT2D eigenvalue weighted by Gasteiger charge is -2.10. The molecule has 0 aliphatic heterocycles. The van der Waals surface area contributed by atoms with E-state index in [9.17, 15) is 0 Å². The molecule has 1 saturated carbocycles. The molecule has 0 saturated heterocycles. The van der Waals surface area contributed by atoms with E-state index in [1.54, 1.807) is 11.9 Å². The highest BCUT2D eigenvalue weighted by molar-refractivity contribution is 5.06. The van der Waals surface area contributed by atoms with Crippen molar-refractivity contribution in [2.75, 3.05) is 20.2 Å². The molecule has 0 radical (unpaired) electrons. The second-order valence-corrected chi connectivity index (χ2v) is 4.04. The molecule has 1 N–H and O–H groups in total. The van der Waals surface area contributed by atoms with E-state index in [1.165, 1.54) is 0 Å². The molecule has 1 aliphatic carbocycles. The van der Waals surface area contributed by atoms with Crippen molar-refractivity contribution in [3.8, 4) is 6.19 Å². The average Bonchev–Trinajstić information content (AvgIpc) is 2.58. The fraction of sp³-hybridized carbons (Fsp3) is 0.889. The van der Waals surface area contributed by atoms with E-state index in [2.05, 4.69) is 20.0 Å². The van der Waals surface area contributed by atoms with Crippen molar-refractivity contribution >= 4 is 0 Å². The van der Waals surface area contributed by atoms with Gasteiger partial charge in [-0.3, -0.25) is 0 Å². The molecule has 0 heterocycles. The standard InChI is InChI=1S/C9H16N2O/c1-7-8(4-11(3)6-10)9(7,2)5-12/h7-8,12H,4-5H2,1-3H3. The Morgan fingerprint density at radius 3 is 2.58 bits per heavy atom. The smallest absolute Gasteiger partial charge is 0.179 e. The quantitative estimate of drug-likeness (QED) is 0.497. The zero-order valence-corrected chi connectivity index (χ0v) is 7.91. The van der Waals surface area contributed by atoms with Crippen LogP contribution in [-0.4, -0.2) is 30.2 Å². The predicted molar refractivity (Wildman–Crippen MR) is 46.1 cm³/mol. The molecule has 0 aromatic heterocycles. The number of aliphatic hydroxyl groups is 1. The van der Waals surface area contributed by atoms with Gasteiger partial charge < -0.3 is 10.0 Å². The van der Waals surface area contributed by atoms with Crippen LogP contribution in [0.2, 0.25) is 0 Å². The molecule has 3 heteroatoms. The van der Waals surface area contributed by atoms with Gasteiger partial charge in [0.1, 0.15) is 0 Å². The minimum absolute atomic E-state index is 0.0606. The minimum Gasteiger partial charge on any atom is -0.396 e. The maximum absolute atomic E-state index is 9.09.